The molecule has 0 unspecified atom stereocenters. The Morgan fingerprint density at radius 3 is 2.40 bits per heavy atom. The first-order valence-electron chi connectivity index (χ1n) is 14.9. The molecule has 216 valence electrons. The van der Waals surface area contributed by atoms with E-state index >= 15 is 0 Å². The third kappa shape index (κ3) is 8.61. The number of hydrogen-bond donors (Lipinski definition) is 1. The zero-order chi connectivity index (χ0) is 28.5. The minimum Gasteiger partial charge on any atom is -0.491 e. The molecule has 1 N–H and O–H groups in total. The topological polar surface area (TPSA) is 67.9 Å². The highest BCUT2D eigenvalue weighted by Crippen LogP contribution is 2.34. The number of nitrogens with one attached hydrogen (secondary N) is 1. The third-order valence-electron chi connectivity index (χ3n) is 8.03. The first kappa shape index (κ1) is 29.7. The standard InChI is InChI=1S/C34H46N2O4/c1-5-10-28-23-30(36(32(28)37)22-9-13-25-11-7-6-8-12-25)24-39-31-20-16-27(17-21-31)26-14-18-29(19-15-26)35-33(38)40-34(2,3)4/h5-8,11-12,16-17,20-21,26,28-30H,1,9-10,13-15,18-19,22-24H2,2-4H3,(H,35,38)/t26-,28-,29+,30+/m1/s1. The van der Waals surface area contributed by atoms with Crippen molar-refractivity contribution in [1.82, 2.24) is 10.2 Å². The molecule has 1 saturated carbocycles. The SMILES string of the molecule is C=CC[C@@H]1C[C@@H](COc2ccc([C@H]3CC[C@@H](NC(=O)OC(C)(C)C)CC3)cc2)N(CCCc2ccccc2)C1=O. The molecule has 1 heterocycles. The van der Waals surface area contributed by atoms with Gasteiger partial charge in [0.05, 0.1) is 6.04 Å². The van der Waals surface area contributed by atoms with Crippen LogP contribution >= 0.6 is 0 Å². The summed E-state index contributed by atoms with van der Waals surface area (Å²) in [7, 11) is 0. The van der Waals surface area contributed by atoms with E-state index in [1.807, 2.05) is 37.8 Å². The molecule has 2 amide bonds. The summed E-state index contributed by atoms with van der Waals surface area (Å²) in [4.78, 5) is 27.3. The minimum atomic E-state index is -0.480. The lowest BCUT2D eigenvalue weighted by Crippen LogP contribution is -2.40. The van der Waals surface area contributed by atoms with Gasteiger partial charge in [0.25, 0.3) is 0 Å². The molecule has 2 aliphatic rings. The summed E-state index contributed by atoms with van der Waals surface area (Å²) in [5, 5.41) is 3.02. The summed E-state index contributed by atoms with van der Waals surface area (Å²) in [5.41, 5.74) is 2.14. The number of ether oxygens (including phenoxy) is 2. The average Bonchev–Trinajstić information content (AvgIpc) is 3.22. The predicted octanol–water partition coefficient (Wildman–Crippen LogP) is 7.04. The van der Waals surface area contributed by atoms with Crippen molar-refractivity contribution in [3.63, 3.8) is 0 Å². The summed E-state index contributed by atoms with van der Waals surface area (Å²) >= 11 is 0. The molecule has 0 spiro atoms. The number of aryl methyl sites for hydroxylation is 1. The number of hydrogen-bond acceptors (Lipinski definition) is 4. The normalized spacial score (nSPS) is 23.1. The number of carbonyl (C=O) groups is 2. The maximum absolute atomic E-state index is 13.1. The lowest BCUT2D eigenvalue weighted by Gasteiger charge is -2.30. The number of benzene rings is 2. The molecule has 1 aliphatic carbocycles. The van der Waals surface area contributed by atoms with Crippen molar-refractivity contribution in [2.75, 3.05) is 13.2 Å². The lowest BCUT2D eigenvalue weighted by molar-refractivity contribution is -0.132. The molecule has 6 heteroatoms. The van der Waals surface area contributed by atoms with Gasteiger partial charge >= 0.3 is 6.09 Å². The van der Waals surface area contributed by atoms with Gasteiger partial charge in [-0.2, -0.15) is 0 Å². The van der Waals surface area contributed by atoms with Gasteiger partial charge in [0.15, 0.2) is 0 Å². The van der Waals surface area contributed by atoms with Crippen molar-refractivity contribution in [3.8, 4) is 5.75 Å². The lowest BCUT2D eigenvalue weighted by atomic mass is 9.82. The van der Waals surface area contributed by atoms with E-state index in [1.54, 1.807) is 0 Å². The van der Waals surface area contributed by atoms with Crippen LogP contribution in [0, 0.1) is 5.92 Å². The first-order valence-corrected chi connectivity index (χ1v) is 14.9. The molecule has 0 bridgehead atoms. The van der Waals surface area contributed by atoms with Crippen LogP contribution in [0.25, 0.3) is 0 Å². The van der Waals surface area contributed by atoms with Crippen LogP contribution in [0.4, 0.5) is 4.79 Å². The Labute approximate surface area is 240 Å². The van der Waals surface area contributed by atoms with Crippen LogP contribution in [0.2, 0.25) is 0 Å². The van der Waals surface area contributed by atoms with Crippen molar-refractivity contribution in [2.45, 2.75) is 95.7 Å². The predicted molar refractivity (Wildman–Crippen MR) is 159 cm³/mol. The van der Waals surface area contributed by atoms with Crippen LogP contribution in [-0.2, 0) is 16.0 Å². The Hall–Kier alpha value is -3.28. The molecule has 2 aromatic carbocycles. The summed E-state index contributed by atoms with van der Waals surface area (Å²) < 4.78 is 11.6. The van der Waals surface area contributed by atoms with Crippen molar-refractivity contribution < 1.29 is 19.1 Å². The highest BCUT2D eigenvalue weighted by Gasteiger charge is 2.38. The number of amides is 2. The zero-order valence-electron chi connectivity index (χ0n) is 24.4. The average molecular weight is 547 g/mol. The molecule has 2 atom stereocenters. The molecule has 4 rings (SSSR count). The third-order valence-corrected chi connectivity index (χ3v) is 8.03. The van der Waals surface area contributed by atoms with Gasteiger partial charge in [0.1, 0.15) is 18.0 Å². The van der Waals surface area contributed by atoms with Crippen molar-refractivity contribution in [1.29, 1.82) is 0 Å². The van der Waals surface area contributed by atoms with Crippen LogP contribution in [0.1, 0.15) is 82.8 Å². The monoisotopic (exact) mass is 546 g/mol. The van der Waals surface area contributed by atoms with E-state index in [-0.39, 0.29) is 30.0 Å². The Balaban J connectivity index is 1.25. The van der Waals surface area contributed by atoms with Gasteiger partial charge in [0.2, 0.25) is 5.91 Å². The van der Waals surface area contributed by atoms with Crippen LogP contribution in [-0.4, -0.2) is 47.7 Å². The van der Waals surface area contributed by atoms with Crippen LogP contribution in [0.15, 0.2) is 67.3 Å². The molecule has 40 heavy (non-hydrogen) atoms. The first-order chi connectivity index (χ1) is 19.2. The second kappa shape index (κ2) is 13.9. The number of nitrogens with zero attached hydrogens (tertiary/aromatic N) is 1. The van der Waals surface area contributed by atoms with E-state index in [1.165, 1.54) is 11.1 Å². The van der Waals surface area contributed by atoms with E-state index in [0.29, 0.717) is 12.5 Å². The number of likely N-dealkylation sites (tertiary alicyclic amines) is 1. The second-order valence-corrected chi connectivity index (χ2v) is 12.3. The molecule has 2 fully saturated rings. The smallest absolute Gasteiger partial charge is 0.407 e. The molecular formula is C34H46N2O4. The fourth-order valence-corrected chi connectivity index (χ4v) is 5.99. The van der Waals surface area contributed by atoms with E-state index < -0.39 is 5.60 Å². The molecule has 0 radical (unpaired) electrons. The number of alkyl carbamates (subject to hydrolysis) is 1. The molecule has 2 aromatic rings. The van der Waals surface area contributed by atoms with Crippen molar-refractivity contribution in [3.05, 3.63) is 78.4 Å². The molecule has 0 aromatic heterocycles. The van der Waals surface area contributed by atoms with Crippen molar-refractivity contribution >= 4 is 12.0 Å². The molecule has 6 nitrogen and oxygen atoms in total. The fraction of sp³-hybridized carbons (Fsp3) is 0.529. The van der Waals surface area contributed by atoms with E-state index in [9.17, 15) is 9.59 Å². The molecular weight excluding hydrogens is 500 g/mol. The van der Waals surface area contributed by atoms with Gasteiger partial charge in [-0.3, -0.25) is 4.79 Å². The summed E-state index contributed by atoms with van der Waals surface area (Å²) in [6.45, 7) is 10.8. The highest BCUT2D eigenvalue weighted by molar-refractivity contribution is 5.81. The summed E-state index contributed by atoms with van der Waals surface area (Å²) in [6, 6.07) is 19.1. The maximum atomic E-state index is 13.1. The van der Waals surface area contributed by atoms with Gasteiger partial charge in [-0.1, -0.05) is 48.5 Å². The maximum Gasteiger partial charge on any atom is 0.407 e. The van der Waals surface area contributed by atoms with Gasteiger partial charge in [-0.25, -0.2) is 4.79 Å². The van der Waals surface area contributed by atoms with Crippen LogP contribution in [0.5, 0.6) is 5.75 Å². The van der Waals surface area contributed by atoms with E-state index in [4.69, 9.17) is 9.47 Å². The molecule has 1 saturated heterocycles. The van der Waals surface area contributed by atoms with Crippen molar-refractivity contribution in [2.24, 2.45) is 5.92 Å². The zero-order valence-corrected chi connectivity index (χ0v) is 24.4. The Bertz CT molecular complexity index is 1100. The number of rotatable bonds is 11. The fourth-order valence-electron chi connectivity index (χ4n) is 5.99. The van der Waals surface area contributed by atoms with Gasteiger partial charge in [-0.05, 0) is 101 Å². The number of allylic oxidation sites excluding steroid dienone is 1. The van der Waals surface area contributed by atoms with Gasteiger partial charge in [0, 0.05) is 18.5 Å². The van der Waals surface area contributed by atoms with Gasteiger partial charge in [-0.15, -0.1) is 6.58 Å². The molecule has 1 aliphatic heterocycles. The quantitative estimate of drug-likeness (QED) is 0.307. The van der Waals surface area contributed by atoms with E-state index in [0.717, 1.165) is 63.7 Å². The Morgan fingerprint density at radius 1 is 1.05 bits per heavy atom. The largest absolute Gasteiger partial charge is 0.491 e. The Kier molecular flexibility index (Phi) is 10.3. The van der Waals surface area contributed by atoms with Gasteiger partial charge < -0.3 is 19.7 Å². The summed E-state index contributed by atoms with van der Waals surface area (Å²) in [6.07, 6.45) is 8.93. The van der Waals surface area contributed by atoms with E-state index in [2.05, 4.69) is 60.4 Å². The minimum absolute atomic E-state index is 0.00476. The second-order valence-electron chi connectivity index (χ2n) is 12.3. The van der Waals surface area contributed by atoms with Crippen LogP contribution in [0.3, 0.4) is 0 Å². The van der Waals surface area contributed by atoms with Crippen LogP contribution < -0.4 is 10.1 Å². The summed E-state index contributed by atoms with van der Waals surface area (Å²) in [5.74, 6) is 1.56. The highest BCUT2D eigenvalue weighted by atomic mass is 16.6. The number of carbonyl (C=O) groups excluding carboxylic acids is 2. The Morgan fingerprint density at radius 2 is 1.75 bits per heavy atom.